The number of fused-ring (bicyclic) bond motifs is 2. The molecule has 0 radical (unpaired) electrons. The summed E-state index contributed by atoms with van der Waals surface area (Å²) in [6.45, 7) is 1.19. The highest BCUT2D eigenvalue weighted by atomic mass is 19.4. The van der Waals surface area contributed by atoms with E-state index in [1.165, 1.54) is 17.3 Å². The van der Waals surface area contributed by atoms with Gasteiger partial charge in [0, 0.05) is 24.3 Å². The number of aromatic nitrogens is 5. The van der Waals surface area contributed by atoms with Crippen LogP contribution in [0.15, 0.2) is 47.4 Å². The van der Waals surface area contributed by atoms with Gasteiger partial charge < -0.3 is 15.4 Å². The van der Waals surface area contributed by atoms with Crippen LogP contribution in [0.25, 0.3) is 16.9 Å². The van der Waals surface area contributed by atoms with Gasteiger partial charge in [-0.2, -0.15) is 18.2 Å². The van der Waals surface area contributed by atoms with Gasteiger partial charge in [-0.3, -0.25) is 4.79 Å². The highest BCUT2D eigenvalue weighted by molar-refractivity contribution is 5.77. The third-order valence-electron chi connectivity index (χ3n) is 6.38. The molecule has 0 atom stereocenters. The molecule has 0 spiro atoms. The molecule has 0 amide bonds. The van der Waals surface area contributed by atoms with Crippen LogP contribution in [0.5, 0.6) is 0 Å². The average Bonchev–Trinajstić information content (AvgIpc) is 3.07. The van der Waals surface area contributed by atoms with Crippen LogP contribution < -0.4 is 16.2 Å². The summed E-state index contributed by atoms with van der Waals surface area (Å²) in [5.41, 5.74) is 3.05. The molecule has 0 aliphatic carbocycles. The summed E-state index contributed by atoms with van der Waals surface area (Å²) >= 11 is 0. The van der Waals surface area contributed by atoms with E-state index in [0.717, 1.165) is 29.9 Å². The van der Waals surface area contributed by atoms with Crippen molar-refractivity contribution in [3.05, 3.63) is 69.8 Å². The number of alkyl halides is 3. The lowest BCUT2D eigenvalue weighted by atomic mass is 10.0. The predicted molar refractivity (Wildman–Crippen MR) is 126 cm³/mol. The standard InChI is InChI=1S/C24H22F3N7O2/c25-24(26,27)13-33-22(35)18-10-29-23(30-17-5-4-15-9-28-7-6-14(15)8-17)32-21(18)34(33)20-3-1-2-19(31-20)16-11-36-12-16/h1-5,8,10,16,28H,6-7,9,11-13H2,(H,29,30,32). The topological polar surface area (TPSA) is 98.9 Å². The molecule has 3 aromatic heterocycles. The number of nitrogens with zero attached hydrogens (tertiary/aromatic N) is 5. The molecule has 9 nitrogen and oxygen atoms in total. The minimum Gasteiger partial charge on any atom is -0.380 e. The van der Waals surface area contributed by atoms with Crippen molar-refractivity contribution in [3.8, 4) is 5.82 Å². The Kier molecular flexibility index (Phi) is 5.49. The largest absolute Gasteiger partial charge is 0.408 e. The first-order valence-electron chi connectivity index (χ1n) is 11.6. The molecule has 5 heterocycles. The lowest BCUT2D eigenvalue weighted by Crippen LogP contribution is -2.31. The van der Waals surface area contributed by atoms with Crippen molar-refractivity contribution < 1.29 is 17.9 Å². The van der Waals surface area contributed by atoms with E-state index in [0.29, 0.717) is 23.6 Å². The molecule has 1 saturated heterocycles. The Morgan fingerprint density at radius 1 is 1.14 bits per heavy atom. The normalized spacial score (nSPS) is 16.1. The Labute approximate surface area is 202 Å². The monoisotopic (exact) mass is 497 g/mol. The maximum atomic E-state index is 13.5. The van der Waals surface area contributed by atoms with Crippen molar-refractivity contribution in [2.24, 2.45) is 0 Å². The number of hydrogen-bond donors (Lipinski definition) is 2. The third-order valence-corrected chi connectivity index (χ3v) is 6.38. The van der Waals surface area contributed by atoms with Crippen LogP contribution in [0.3, 0.4) is 0 Å². The minimum absolute atomic E-state index is 0.0273. The van der Waals surface area contributed by atoms with E-state index in [9.17, 15) is 18.0 Å². The third kappa shape index (κ3) is 4.22. The molecule has 186 valence electrons. The van der Waals surface area contributed by atoms with E-state index >= 15 is 0 Å². The molecule has 2 aliphatic heterocycles. The first-order chi connectivity index (χ1) is 17.4. The van der Waals surface area contributed by atoms with Crippen LogP contribution in [-0.2, 0) is 24.2 Å². The van der Waals surface area contributed by atoms with E-state index in [4.69, 9.17) is 4.74 Å². The summed E-state index contributed by atoms with van der Waals surface area (Å²) < 4.78 is 47.3. The molecular weight excluding hydrogens is 475 g/mol. The van der Waals surface area contributed by atoms with Crippen molar-refractivity contribution in [3.63, 3.8) is 0 Å². The Hall–Kier alpha value is -3.77. The Morgan fingerprint density at radius 2 is 2.00 bits per heavy atom. The molecule has 12 heteroatoms. The maximum absolute atomic E-state index is 13.5. The fourth-order valence-electron chi connectivity index (χ4n) is 4.51. The first kappa shape index (κ1) is 22.7. The second kappa shape index (κ2) is 8.71. The zero-order valence-electron chi connectivity index (χ0n) is 19.0. The molecule has 2 aliphatic rings. The fourth-order valence-corrected chi connectivity index (χ4v) is 4.51. The zero-order chi connectivity index (χ0) is 24.9. The SMILES string of the molecule is O=c1c2cnc(Nc3ccc4c(c3)CCNC4)nc2n(-c2cccc(C3COC3)n2)n1CC(F)(F)F. The summed E-state index contributed by atoms with van der Waals surface area (Å²) in [7, 11) is 0. The maximum Gasteiger partial charge on any atom is 0.408 e. The fraction of sp³-hybridized carbons (Fsp3) is 0.333. The smallest absolute Gasteiger partial charge is 0.380 e. The second-order valence-corrected chi connectivity index (χ2v) is 8.91. The van der Waals surface area contributed by atoms with Crippen molar-refractivity contribution in [2.45, 2.75) is 31.6 Å². The summed E-state index contributed by atoms with van der Waals surface area (Å²) in [4.78, 5) is 26.2. The summed E-state index contributed by atoms with van der Waals surface area (Å²) in [5.74, 6) is 0.389. The van der Waals surface area contributed by atoms with E-state index < -0.39 is 18.3 Å². The van der Waals surface area contributed by atoms with Crippen LogP contribution in [0.1, 0.15) is 22.7 Å². The quantitative estimate of drug-likeness (QED) is 0.437. The van der Waals surface area contributed by atoms with Gasteiger partial charge in [-0.15, -0.1) is 0 Å². The molecule has 2 N–H and O–H groups in total. The number of nitrogens with one attached hydrogen (secondary N) is 2. The highest BCUT2D eigenvalue weighted by Gasteiger charge is 2.32. The van der Waals surface area contributed by atoms with Crippen molar-refractivity contribution in [2.75, 3.05) is 25.1 Å². The van der Waals surface area contributed by atoms with Gasteiger partial charge in [0.25, 0.3) is 5.56 Å². The molecule has 1 aromatic carbocycles. The van der Waals surface area contributed by atoms with Gasteiger partial charge in [-0.25, -0.2) is 19.3 Å². The molecule has 36 heavy (non-hydrogen) atoms. The number of rotatable bonds is 5. The summed E-state index contributed by atoms with van der Waals surface area (Å²) in [6.07, 6.45) is -2.48. The van der Waals surface area contributed by atoms with Crippen LogP contribution in [0, 0.1) is 0 Å². The van der Waals surface area contributed by atoms with Gasteiger partial charge in [0.1, 0.15) is 11.9 Å². The number of halogens is 3. The molecule has 4 aromatic rings. The van der Waals surface area contributed by atoms with Crippen LogP contribution in [0.2, 0.25) is 0 Å². The van der Waals surface area contributed by atoms with E-state index in [1.807, 2.05) is 18.2 Å². The number of hydrogen-bond acceptors (Lipinski definition) is 7. The van der Waals surface area contributed by atoms with Gasteiger partial charge in [-0.1, -0.05) is 12.1 Å². The summed E-state index contributed by atoms with van der Waals surface area (Å²) in [5, 5.41) is 6.42. The lowest BCUT2D eigenvalue weighted by Gasteiger charge is -2.25. The van der Waals surface area contributed by atoms with Gasteiger partial charge in [0.15, 0.2) is 11.5 Å². The van der Waals surface area contributed by atoms with Gasteiger partial charge in [-0.05, 0) is 48.4 Å². The van der Waals surface area contributed by atoms with E-state index in [1.54, 1.807) is 18.2 Å². The van der Waals surface area contributed by atoms with Crippen molar-refractivity contribution in [1.29, 1.82) is 0 Å². The second-order valence-electron chi connectivity index (χ2n) is 8.91. The Balaban J connectivity index is 1.45. The lowest BCUT2D eigenvalue weighted by molar-refractivity contribution is -0.144. The number of ether oxygens (including phenoxy) is 1. The van der Waals surface area contributed by atoms with Gasteiger partial charge in [0.2, 0.25) is 5.95 Å². The van der Waals surface area contributed by atoms with E-state index in [2.05, 4.69) is 25.6 Å². The molecule has 0 saturated carbocycles. The van der Waals surface area contributed by atoms with E-state index in [-0.39, 0.29) is 28.7 Å². The molecular formula is C24H22F3N7O2. The van der Waals surface area contributed by atoms with Gasteiger partial charge >= 0.3 is 6.18 Å². The number of anilines is 2. The van der Waals surface area contributed by atoms with Crippen LogP contribution >= 0.6 is 0 Å². The molecule has 0 bridgehead atoms. The van der Waals surface area contributed by atoms with Crippen molar-refractivity contribution in [1.82, 2.24) is 29.6 Å². The minimum atomic E-state index is -4.62. The zero-order valence-corrected chi connectivity index (χ0v) is 19.0. The Morgan fingerprint density at radius 3 is 2.78 bits per heavy atom. The Bertz CT molecular complexity index is 1510. The molecule has 1 fully saturated rings. The van der Waals surface area contributed by atoms with Crippen LogP contribution in [-0.4, -0.2) is 50.3 Å². The molecule has 6 rings (SSSR count). The van der Waals surface area contributed by atoms with Crippen molar-refractivity contribution >= 4 is 22.7 Å². The molecule has 0 unspecified atom stereocenters. The number of pyridine rings is 1. The summed E-state index contributed by atoms with van der Waals surface area (Å²) in [6, 6.07) is 11.0. The predicted octanol–water partition coefficient (Wildman–Crippen LogP) is 3.04. The number of benzene rings is 1. The highest BCUT2D eigenvalue weighted by Crippen LogP contribution is 2.26. The first-order valence-corrected chi connectivity index (χ1v) is 11.6. The average molecular weight is 497 g/mol. The van der Waals surface area contributed by atoms with Crippen LogP contribution in [0.4, 0.5) is 24.8 Å². The van der Waals surface area contributed by atoms with Gasteiger partial charge in [0.05, 0.1) is 18.9 Å².